The van der Waals surface area contributed by atoms with Crippen LogP contribution in [0.5, 0.6) is 0 Å². The Morgan fingerprint density at radius 3 is 2.86 bits per heavy atom. The lowest BCUT2D eigenvalue weighted by atomic mass is 10.2. The van der Waals surface area contributed by atoms with Gasteiger partial charge in [0.25, 0.3) is 0 Å². The molecule has 2 aromatic rings. The molecule has 1 saturated carbocycles. The van der Waals surface area contributed by atoms with Crippen molar-refractivity contribution in [2.24, 2.45) is 0 Å². The molecule has 0 spiro atoms. The van der Waals surface area contributed by atoms with Gasteiger partial charge >= 0.3 is 0 Å². The summed E-state index contributed by atoms with van der Waals surface area (Å²) in [5.74, 6) is 1.03. The van der Waals surface area contributed by atoms with Gasteiger partial charge in [-0.2, -0.15) is 0 Å². The first-order valence-electron chi connectivity index (χ1n) is 7.70. The van der Waals surface area contributed by atoms with Crippen molar-refractivity contribution in [2.45, 2.75) is 45.3 Å². The summed E-state index contributed by atoms with van der Waals surface area (Å²) in [5.41, 5.74) is 3.64. The minimum absolute atomic E-state index is 0.732. The van der Waals surface area contributed by atoms with E-state index in [4.69, 9.17) is 9.40 Å². The molecular formula is C17H23N3O. The molecule has 2 aromatic heterocycles. The maximum absolute atomic E-state index is 5.13. The predicted octanol–water partition coefficient (Wildman–Crippen LogP) is 3.13. The van der Waals surface area contributed by atoms with Crippen molar-refractivity contribution in [1.82, 2.24) is 10.3 Å². The van der Waals surface area contributed by atoms with Gasteiger partial charge in [-0.1, -0.05) is 6.92 Å². The molecule has 0 aromatic carbocycles. The second-order valence-corrected chi connectivity index (χ2v) is 5.82. The Morgan fingerprint density at radius 1 is 1.33 bits per heavy atom. The number of hydrogen-bond acceptors (Lipinski definition) is 4. The van der Waals surface area contributed by atoms with E-state index in [2.05, 4.69) is 36.3 Å². The molecule has 4 heteroatoms. The van der Waals surface area contributed by atoms with Gasteiger partial charge in [0.05, 0.1) is 12.5 Å². The molecule has 0 bridgehead atoms. The van der Waals surface area contributed by atoms with Crippen LogP contribution < -0.4 is 10.2 Å². The van der Waals surface area contributed by atoms with E-state index in [0.717, 1.165) is 37.1 Å². The number of rotatable bonds is 7. The third kappa shape index (κ3) is 3.85. The monoisotopic (exact) mass is 285 g/mol. The number of pyridine rings is 1. The van der Waals surface area contributed by atoms with E-state index in [-0.39, 0.29) is 0 Å². The van der Waals surface area contributed by atoms with Crippen molar-refractivity contribution >= 4 is 5.82 Å². The Bertz CT molecular complexity index is 576. The standard InChI is InChI=1S/C17H23N3O/c1-3-15-8-14(10-18-16-4-5-16)9-17(19-15)20(2)11-13-6-7-21-12-13/h6-9,12,16,18H,3-5,10-11H2,1-2H3. The minimum Gasteiger partial charge on any atom is -0.472 e. The van der Waals surface area contributed by atoms with Crippen molar-refractivity contribution in [3.63, 3.8) is 0 Å². The lowest BCUT2D eigenvalue weighted by Crippen LogP contribution is -2.20. The quantitative estimate of drug-likeness (QED) is 0.848. The second kappa shape index (κ2) is 6.31. The summed E-state index contributed by atoms with van der Waals surface area (Å²) in [6.45, 7) is 3.90. The van der Waals surface area contributed by atoms with Gasteiger partial charge in [-0.15, -0.1) is 0 Å². The molecule has 0 unspecified atom stereocenters. The molecule has 4 nitrogen and oxygen atoms in total. The van der Waals surface area contributed by atoms with Gasteiger partial charge in [0.15, 0.2) is 0 Å². The summed E-state index contributed by atoms with van der Waals surface area (Å²) in [7, 11) is 2.08. The largest absolute Gasteiger partial charge is 0.472 e. The van der Waals surface area contributed by atoms with Crippen LogP contribution in [-0.4, -0.2) is 18.1 Å². The van der Waals surface area contributed by atoms with Crippen molar-refractivity contribution in [3.05, 3.63) is 47.5 Å². The molecule has 2 heterocycles. The van der Waals surface area contributed by atoms with Crippen LogP contribution >= 0.6 is 0 Å². The fourth-order valence-corrected chi connectivity index (χ4v) is 2.40. The number of furan rings is 1. The molecular weight excluding hydrogens is 262 g/mol. The average molecular weight is 285 g/mol. The summed E-state index contributed by atoms with van der Waals surface area (Å²) >= 11 is 0. The van der Waals surface area contributed by atoms with E-state index in [1.165, 1.54) is 24.0 Å². The predicted molar refractivity (Wildman–Crippen MR) is 84.3 cm³/mol. The summed E-state index contributed by atoms with van der Waals surface area (Å²) in [5, 5.41) is 3.57. The fourth-order valence-electron chi connectivity index (χ4n) is 2.40. The topological polar surface area (TPSA) is 41.3 Å². The molecule has 1 fully saturated rings. The van der Waals surface area contributed by atoms with Crippen LogP contribution in [0.3, 0.4) is 0 Å². The van der Waals surface area contributed by atoms with Gasteiger partial charge in [0, 0.05) is 37.4 Å². The fraction of sp³-hybridized carbons (Fsp3) is 0.471. The van der Waals surface area contributed by atoms with Crippen LogP contribution in [-0.2, 0) is 19.5 Å². The first-order valence-corrected chi connectivity index (χ1v) is 7.70. The summed E-state index contributed by atoms with van der Waals surface area (Å²) in [6.07, 6.45) is 7.10. The normalized spacial score (nSPS) is 14.4. The highest BCUT2D eigenvalue weighted by atomic mass is 16.3. The highest BCUT2D eigenvalue weighted by molar-refractivity contribution is 5.42. The van der Waals surface area contributed by atoms with E-state index in [9.17, 15) is 0 Å². The van der Waals surface area contributed by atoms with Crippen LogP contribution in [0.2, 0.25) is 0 Å². The van der Waals surface area contributed by atoms with Gasteiger partial charge in [0.2, 0.25) is 0 Å². The summed E-state index contributed by atoms with van der Waals surface area (Å²) in [6, 6.07) is 7.13. The lowest BCUT2D eigenvalue weighted by Gasteiger charge is -2.19. The number of hydrogen-bond donors (Lipinski definition) is 1. The number of nitrogens with one attached hydrogen (secondary N) is 1. The maximum atomic E-state index is 5.13. The van der Waals surface area contributed by atoms with Gasteiger partial charge in [0.1, 0.15) is 5.82 Å². The molecule has 112 valence electrons. The van der Waals surface area contributed by atoms with Crippen molar-refractivity contribution < 1.29 is 4.42 Å². The van der Waals surface area contributed by atoms with E-state index in [1.807, 2.05) is 6.07 Å². The molecule has 0 radical (unpaired) electrons. The van der Waals surface area contributed by atoms with E-state index in [1.54, 1.807) is 12.5 Å². The highest BCUT2D eigenvalue weighted by Gasteiger charge is 2.20. The van der Waals surface area contributed by atoms with Crippen molar-refractivity contribution in [2.75, 3.05) is 11.9 Å². The Balaban J connectivity index is 1.73. The summed E-state index contributed by atoms with van der Waals surface area (Å²) < 4.78 is 5.13. The first kappa shape index (κ1) is 14.1. The average Bonchev–Trinajstić information content (AvgIpc) is 3.20. The third-order valence-corrected chi connectivity index (χ3v) is 3.85. The van der Waals surface area contributed by atoms with Crippen LogP contribution in [0.25, 0.3) is 0 Å². The Morgan fingerprint density at radius 2 is 2.19 bits per heavy atom. The molecule has 0 amide bonds. The molecule has 3 rings (SSSR count). The lowest BCUT2D eigenvalue weighted by molar-refractivity contribution is 0.563. The Labute approximate surface area is 126 Å². The molecule has 0 aliphatic heterocycles. The smallest absolute Gasteiger partial charge is 0.129 e. The molecule has 0 saturated heterocycles. The highest BCUT2D eigenvalue weighted by Crippen LogP contribution is 2.21. The van der Waals surface area contributed by atoms with Crippen LogP contribution in [0.4, 0.5) is 5.82 Å². The molecule has 1 N–H and O–H groups in total. The SMILES string of the molecule is CCc1cc(CNC2CC2)cc(N(C)Cc2ccoc2)n1. The van der Waals surface area contributed by atoms with Gasteiger partial charge < -0.3 is 14.6 Å². The Kier molecular flexibility index (Phi) is 4.25. The summed E-state index contributed by atoms with van der Waals surface area (Å²) in [4.78, 5) is 6.91. The number of aromatic nitrogens is 1. The molecule has 1 aliphatic carbocycles. The van der Waals surface area contributed by atoms with Gasteiger partial charge in [-0.25, -0.2) is 4.98 Å². The van der Waals surface area contributed by atoms with E-state index >= 15 is 0 Å². The molecule has 0 atom stereocenters. The Hall–Kier alpha value is -1.81. The van der Waals surface area contributed by atoms with Crippen LogP contribution in [0.1, 0.15) is 36.6 Å². The number of anilines is 1. The van der Waals surface area contributed by atoms with E-state index in [0.29, 0.717) is 0 Å². The zero-order chi connectivity index (χ0) is 14.7. The molecule has 1 aliphatic rings. The van der Waals surface area contributed by atoms with Gasteiger partial charge in [-0.3, -0.25) is 0 Å². The maximum Gasteiger partial charge on any atom is 0.129 e. The van der Waals surface area contributed by atoms with E-state index < -0.39 is 0 Å². The van der Waals surface area contributed by atoms with Crippen molar-refractivity contribution in [1.29, 1.82) is 0 Å². The number of aryl methyl sites for hydroxylation is 1. The number of nitrogens with zero attached hydrogens (tertiary/aromatic N) is 2. The van der Waals surface area contributed by atoms with Crippen LogP contribution in [0.15, 0.2) is 35.1 Å². The van der Waals surface area contributed by atoms with Crippen LogP contribution in [0, 0.1) is 0 Å². The zero-order valence-electron chi connectivity index (χ0n) is 12.8. The zero-order valence-corrected chi connectivity index (χ0v) is 12.8. The minimum atomic E-state index is 0.732. The second-order valence-electron chi connectivity index (χ2n) is 5.82. The van der Waals surface area contributed by atoms with Crippen molar-refractivity contribution in [3.8, 4) is 0 Å². The third-order valence-electron chi connectivity index (χ3n) is 3.85. The molecule has 21 heavy (non-hydrogen) atoms. The van der Waals surface area contributed by atoms with Gasteiger partial charge in [-0.05, 0) is 43.0 Å². The first-order chi connectivity index (χ1) is 10.2.